The zero-order valence-electron chi connectivity index (χ0n) is 12.4. The third-order valence-electron chi connectivity index (χ3n) is 4.28. The van der Waals surface area contributed by atoms with Gasteiger partial charge >= 0.3 is 0 Å². The molecule has 1 aliphatic rings. The van der Waals surface area contributed by atoms with E-state index in [0.717, 1.165) is 0 Å². The van der Waals surface area contributed by atoms with Crippen molar-refractivity contribution in [2.45, 2.75) is 30.1 Å². The fraction of sp³-hybridized carbons (Fsp3) is 0.250. The van der Waals surface area contributed by atoms with Gasteiger partial charge in [-0.15, -0.1) is 0 Å². The highest BCUT2D eigenvalue weighted by Gasteiger charge is 2.22. The van der Waals surface area contributed by atoms with Crippen molar-refractivity contribution in [1.82, 2.24) is 14.6 Å². The van der Waals surface area contributed by atoms with Gasteiger partial charge < -0.3 is 0 Å². The molecule has 0 aliphatic heterocycles. The Morgan fingerprint density at radius 1 is 1.13 bits per heavy atom. The van der Waals surface area contributed by atoms with Crippen LogP contribution in [0.5, 0.6) is 0 Å². The van der Waals surface area contributed by atoms with Crippen molar-refractivity contribution in [3.8, 4) is 0 Å². The van der Waals surface area contributed by atoms with Crippen LogP contribution in [0.25, 0.3) is 5.52 Å². The predicted molar refractivity (Wildman–Crippen MR) is 86.8 cm³/mol. The molecule has 0 aromatic carbocycles. The molecule has 23 heavy (non-hydrogen) atoms. The van der Waals surface area contributed by atoms with Crippen LogP contribution in [-0.2, 0) is 10.0 Å². The molecular formula is C16H16N4O2S. The van der Waals surface area contributed by atoms with Gasteiger partial charge in [0.05, 0.1) is 11.7 Å². The first-order chi connectivity index (χ1) is 11.1. The number of rotatable bonds is 4. The average molecular weight is 328 g/mol. The average Bonchev–Trinajstić information content (AvgIpc) is 2.92. The zero-order chi connectivity index (χ0) is 15.9. The molecule has 0 radical (unpaired) electrons. The van der Waals surface area contributed by atoms with E-state index in [2.05, 4.69) is 14.8 Å². The predicted octanol–water partition coefficient (Wildman–Crippen LogP) is 2.80. The van der Waals surface area contributed by atoms with E-state index in [1.807, 2.05) is 6.07 Å². The SMILES string of the molecule is O=S(=O)(Nc1ccc(C2CCC2)cn1)c1cnn2ccccc12. The van der Waals surface area contributed by atoms with Gasteiger partial charge in [0.2, 0.25) is 0 Å². The molecule has 1 N–H and O–H groups in total. The Hall–Kier alpha value is -2.41. The molecule has 118 valence electrons. The van der Waals surface area contributed by atoms with E-state index in [9.17, 15) is 8.42 Å². The van der Waals surface area contributed by atoms with Gasteiger partial charge in [0.1, 0.15) is 10.7 Å². The lowest BCUT2D eigenvalue weighted by Gasteiger charge is -2.25. The van der Waals surface area contributed by atoms with Crippen LogP contribution in [0.15, 0.2) is 53.8 Å². The highest BCUT2D eigenvalue weighted by molar-refractivity contribution is 7.93. The van der Waals surface area contributed by atoms with Gasteiger partial charge in [-0.1, -0.05) is 18.6 Å². The largest absolute Gasteiger partial charge is 0.266 e. The summed E-state index contributed by atoms with van der Waals surface area (Å²) in [5.74, 6) is 0.899. The third-order valence-corrected chi connectivity index (χ3v) is 5.65. The number of hydrogen-bond donors (Lipinski definition) is 1. The second-order valence-electron chi connectivity index (χ2n) is 5.75. The lowest BCUT2D eigenvalue weighted by atomic mass is 9.81. The van der Waals surface area contributed by atoms with Gasteiger partial charge in [-0.3, -0.25) is 4.72 Å². The Bertz CT molecular complexity index is 944. The van der Waals surface area contributed by atoms with E-state index >= 15 is 0 Å². The lowest BCUT2D eigenvalue weighted by Crippen LogP contribution is -2.14. The molecular weight excluding hydrogens is 312 g/mol. The molecule has 0 bridgehead atoms. The maximum absolute atomic E-state index is 12.6. The quantitative estimate of drug-likeness (QED) is 0.799. The van der Waals surface area contributed by atoms with E-state index in [4.69, 9.17) is 0 Å². The van der Waals surface area contributed by atoms with Crippen LogP contribution in [0, 0.1) is 0 Å². The second-order valence-corrected chi connectivity index (χ2v) is 7.40. The van der Waals surface area contributed by atoms with Crippen molar-refractivity contribution in [3.63, 3.8) is 0 Å². The van der Waals surface area contributed by atoms with Crippen molar-refractivity contribution in [3.05, 3.63) is 54.5 Å². The zero-order valence-corrected chi connectivity index (χ0v) is 13.2. The summed E-state index contributed by atoms with van der Waals surface area (Å²) in [5.41, 5.74) is 1.71. The minimum Gasteiger partial charge on any atom is -0.263 e. The molecule has 1 saturated carbocycles. The number of hydrogen-bond acceptors (Lipinski definition) is 4. The van der Waals surface area contributed by atoms with E-state index in [-0.39, 0.29) is 4.90 Å². The first-order valence-electron chi connectivity index (χ1n) is 7.55. The van der Waals surface area contributed by atoms with Gasteiger partial charge in [-0.05, 0) is 42.5 Å². The van der Waals surface area contributed by atoms with Gasteiger partial charge in [0.15, 0.2) is 0 Å². The van der Waals surface area contributed by atoms with Crippen molar-refractivity contribution >= 4 is 21.4 Å². The van der Waals surface area contributed by atoms with E-state index in [1.54, 1.807) is 36.7 Å². The van der Waals surface area contributed by atoms with Crippen LogP contribution in [0.3, 0.4) is 0 Å². The van der Waals surface area contributed by atoms with Crippen molar-refractivity contribution in [2.75, 3.05) is 4.72 Å². The molecule has 4 rings (SSSR count). The maximum Gasteiger partial charge on any atom is 0.266 e. The minimum atomic E-state index is -3.72. The molecule has 0 saturated heterocycles. The number of nitrogens with one attached hydrogen (secondary N) is 1. The summed E-state index contributed by atoms with van der Waals surface area (Å²) in [4.78, 5) is 4.38. The molecule has 0 amide bonds. The third kappa shape index (κ3) is 2.57. The van der Waals surface area contributed by atoms with Crippen LogP contribution in [0.1, 0.15) is 30.7 Å². The monoisotopic (exact) mass is 328 g/mol. The van der Waals surface area contributed by atoms with Crippen molar-refractivity contribution < 1.29 is 8.42 Å². The molecule has 7 heteroatoms. The topological polar surface area (TPSA) is 76.4 Å². The van der Waals surface area contributed by atoms with Crippen LogP contribution < -0.4 is 4.72 Å². The molecule has 3 aromatic rings. The highest BCUT2D eigenvalue weighted by atomic mass is 32.2. The van der Waals surface area contributed by atoms with Gasteiger partial charge in [-0.25, -0.2) is 17.9 Å². The standard InChI is InChI=1S/C16H16N4O2S/c21-23(22,15-11-18-20-9-2-1-6-14(15)20)19-16-8-7-13(10-17-16)12-4-3-5-12/h1-2,6-12H,3-5H2,(H,17,19). The molecule has 0 atom stereocenters. The Kier molecular flexibility index (Phi) is 3.30. The summed E-state index contributed by atoms with van der Waals surface area (Å²) in [6, 6.07) is 8.96. The minimum absolute atomic E-state index is 0.142. The van der Waals surface area contributed by atoms with E-state index in [1.165, 1.54) is 35.5 Å². The summed E-state index contributed by atoms with van der Waals surface area (Å²) in [5, 5.41) is 4.06. The Labute approximate surface area is 134 Å². The number of aromatic nitrogens is 3. The van der Waals surface area contributed by atoms with E-state index in [0.29, 0.717) is 17.3 Å². The molecule has 0 spiro atoms. The molecule has 1 aliphatic carbocycles. The number of sulfonamides is 1. The number of nitrogens with zero attached hydrogens (tertiary/aromatic N) is 3. The second kappa shape index (κ2) is 5.34. The van der Waals surface area contributed by atoms with Crippen LogP contribution in [0.4, 0.5) is 5.82 Å². The van der Waals surface area contributed by atoms with Crippen LogP contribution >= 0.6 is 0 Å². The highest BCUT2D eigenvalue weighted by Crippen LogP contribution is 2.36. The summed E-state index contributed by atoms with van der Waals surface area (Å²) in [6.07, 6.45) is 8.45. The van der Waals surface area contributed by atoms with Crippen LogP contribution in [0.2, 0.25) is 0 Å². The Morgan fingerprint density at radius 3 is 2.70 bits per heavy atom. The van der Waals surface area contributed by atoms with Crippen molar-refractivity contribution in [2.24, 2.45) is 0 Å². The van der Waals surface area contributed by atoms with Gasteiger partial charge in [0.25, 0.3) is 10.0 Å². The first-order valence-corrected chi connectivity index (χ1v) is 9.03. The number of pyridine rings is 2. The van der Waals surface area contributed by atoms with E-state index < -0.39 is 10.0 Å². The molecule has 1 fully saturated rings. The van der Waals surface area contributed by atoms with Gasteiger partial charge in [-0.2, -0.15) is 5.10 Å². The summed E-state index contributed by atoms with van der Waals surface area (Å²) in [6.45, 7) is 0. The number of fused-ring (bicyclic) bond motifs is 1. The maximum atomic E-state index is 12.6. The summed E-state index contributed by atoms with van der Waals surface area (Å²) >= 11 is 0. The summed E-state index contributed by atoms with van der Waals surface area (Å²) < 4.78 is 29.2. The molecule has 0 unspecified atom stereocenters. The smallest absolute Gasteiger partial charge is 0.263 e. The molecule has 3 aromatic heterocycles. The fourth-order valence-corrected chi connectivity index (χ4v) is 3.89. The van der Waals surface area contributed by atoms with Gasteiger partial charge in [0, 0.05) is 12.4 Å². The fourth-order valence-electron chi connectivity index (χ4n) is 2.76. The van der Waals surface area contributed by atoms with Crippen LogP contribution in [-0.4, -0.2) is 23.0 Å². The molecule has 3 heterocycles. The normalized spacial score (nSPS) is 15.5. The lowest BCUT2D eigenvalue weighted by molar-refractivity contribution is 0.419. The first kappa shape index (κ1) is 14.2. The summed E-state index contributed by atoms with van der Waals surface area (Å²) in [7, 11) is -3.72. The Morgan fingerprint density at radius 2 is 2.00 bits per heavy atom. The van der Waals surface area contributed by atoms with Crippen molar-refractivity contribution in [1.29, 1.82) is 0 Å². The Balaban J connectivity index is 1.61. The molecule has 6 nitrogen and oxygen atoms in total. The number of anilines is 1.